The van der Waals surface area contributed by atoms with Crippen LogP contribution in [0.25, 0.3) is 22.6 Å². The zero-order valence-corrected chi connectivity index (χ0v) is 24.1. The number of benzene rings is 1. The molecule has 1 aromatic carbocycles. The van der Waals surface area contributed by atoms with Crippen LogP contribution in [-0.4, -0.2) is 83.5 Å². The van der Waals surface area contributed by atoms with E-state index >= 15 is 0 Å². The van der Waals surface area contributed by atoms with Crippen LogP contribution in [0.15, 0.2) is 36.5 Å². The zero-order valence-electron chi connectivity index (χ0n) is 23.3. The smallest absolute Gasteiger partial charge is 0.223 e. The number of aliphatic hydroxyl groups is 1. The quantitative estimate of drug-likeness (QED) is 0.267. The maximum absolute atomic E-state index is 12.3. The fourth-order valence-electron chi connectivity index (χ4n) is 6.93. The molecule has 41 heavy (non-hydrogen) atoms. The lowest BCUT2D eigenvalue weighted by Crippen LogP contribution is -2.41. The van der Waals surface area contributed by atoms with Gasteiger partial charge in [0.05, 0.1) is 48.2 Å². The van der Waals surface area contributed by atoms with E-state index in [2.05, 4.69) is 44.5 Å². The number of aromatic amines is 1. The first-order chi connectivity index (χ1) is 19.9. The van der Waals surface area contributed by atoms with Crippen molar-refractivity contribution in [2.24, 2.45) is 23.5 Å². The second-order valence-electron chi connectivity index (χ2n) is 11.5. The third-order valence-corrected chi connectivity index (χ3v) is 9.23. The van der Waals surface area contributed by atoms with Crippen LogP contribution in [0.1, 0.15) is 30.7 Å². The third kappa shape index (κ3) is 5.41. The van der Waals surface area contributed by atoms with Gasteiger partial charge in [-0.3, -0.25) is 4.79 Å². The molecule has 3 aromatic rings. The molecular formula is C30H37ClN6O4. The Bertz CT molecular complexity index is 1450. The number of piperidine rings is 1. The summed E-state index contributed by atoms with van der Waals surface area (Å²) in [5.74, 6) is 1.55. The Morgan fingerprint density at radius 1 is 1.27 bits per heavy atom. The van der Waals surface area contributed by atoms with E-state index in [0.717, 1.165) is 43.7 Å². The summed E-state index contributed by atoms with van der Waals surface area (Å²) in [6, 6.07) is 6.14. The van der Waals surface area contributed by atoms with Gasteiger partial charge >= 0.3 is 0 Å². The normalized spacial score (nSPS) is 25.2. The number of rotatable bonds is 10. The molecule has 1 saturated carbocycles. The van der Waals surface area contributed by atoms with Crippen molar-refractivity contribution >= 4 is 34.4 Å². The minimum Gasteiger partial charge on any atom is -0.496 e. The minimum atomic E-state index is -0.463. The number of methoxy groups -OCH3 is 2. The number of pyridine rings is 1. The molecule has 218 valence electrons. The van der Waals surface area contributed by atoms with Crippen LogP contribution in [0.3, 0.4) is 0 Å². The Hall–Kier alpha value is -3.18. The number of hydrogen-bond acceptors (Lipinski definition) is 8. The van der Waals surface area contributed by atoms with E-state index < -0.39 is 6.10 Å². The number of anilines is 1. The largest absolute Gasteiger partial charge is 0.496 e. The highest BCUT2D eigenvalue weighted by molar-refractivity contribution is 6.34. The number of ether oxygens (including phenoxy) is 2. The first-order valence-electron chi connectivity index (χ1n) is 14.2. The van der Waals surface area contributed by atoms with E-state index in [9.17, 15) is 9.90 Å². The summed E-state index contributed by atoms with van der Waals surface area (Å²) in [4.78, 5) is 27.2. The Kier molecular flexibility index (Phi) is 7.91. The molecule has 1 aliphatic heterocycles. The maximum atomic E-state index is 12.3. The number of β-amino-alcohol motifs (C(OH)–C–C–N with tert-alkyl or cyclic N) is 1. The predicted octanol–water partition coefficient (Wildman–Crippen LogP) is 3.56. The molecule has 2 aromatic heterocycles. The second-order valence-corrected chi connectivity index (χ2v) is 11.9. The number of fused-ring (bicyclic) bond motifs is 3. The summed E-state index contributed by atoms with van der Waals surface area (Å²) in [5, 5.41) is 14.1. The van der Waals surface area contributed by atoms with Gasteiger partial charge in [-0.25, -0.2) is 9.97 Å². The van der Waals surface area contributed by atoms with E-state index in [1.807, 2.05) is 6.07 Å². The van der Waals surface area contributed by atoms with Gasteiger partial charge in [0, 0.05) is 19.7 Å². The van der Waals surface area contributed by atoms with Gasteiger partial charge in [-0.1, -0.05) is 29.8 Å². The first-order valence-corrected chi connectivity index (χ1v) is 14.6. The molecule has 2 bridgehead atoms. The summed E-state index contributed by atoms with van der Waals surface area (Å²) in [7, 11) is 3.27. The van der Waals surface area contributed by atoms with Gasteiger partial charge in [0.15, 0.2) is 5.65 Å². The van der Waals surface area contributed by atoms with E-state index in [0.29, 0.717) is 46.8 Å². The highest BCUT2D eigenvalue weighted by Gasteiger charge is 2.47. The molecule has 1 saturated heterocycles. The Morgan fingerprint density at radius 3 is 2.78 bits per heavy atom. The standard InChI is InChI=1S/C30H37ClN6O4/c1-40-15-20(38)14-37-9-7-16(8-10-37)17-5-6-21(23(12-17)41-2)29-35-27-26(22(31)13-33-30(27)36-29)34-25-19-4-3-18(11-19)24(25)28(32)39/h3-6,12-13,16,18-20,24-25,38H,7-11,14-15H2,1-2H3,(H2,32,39)(H2,33,34,35,36)/t18-,19+,20+,24+,25-/m1/s1. The molecule has 2 aliphatic carbocycles. The molecule has 10 nitrogen and oxygen atoms in total. The molecule has 11 heteroatoms. The van der Waals surface area contributed by atoms with Crippen molar-refractivity contribution in [3.63, 3.8) is 0 Å². The molecule has 5 atom stereocenters. The van der Waals surface area contributed by atoms with Crippen molar-refractivity contribution in [1.29, 1.82) is 0 Å². The molecule has 0 radical (unpaired) electrons. The molecule has 6 rings (SSSR count). The minimum absolute atomic E-state index is 0.138. The fourth-order valence-corrected chi connectivity index (χ4v) is 7.12. The number of nitrogens with zero attached hydrogens (tertiary/aromatic N) is 3. The SMILES string of the molecule is COC[C@@H](O)CN1CCC(c2ccc(-c3nc4ncc(Cl)c(N[C@H]5[C@@H](C(N)=O)[C@@H]6C=C[C@H]5C6)c4[nH]3)c(OC)c2)CC1. The number of primary amides is 1. The monoisotopic (exact) mass is 580 g/mol. The van der Waals surface area contributed by atoms with Gasteiger partial charge in [0.1, 0.15) is 17.1 Å². The molecular weight excluding hydrogens is 544 g/mol. The summed E-state index contributed by atoms with van der Waals surface area (Å²) in [6.45, 7) is 2.84. The average molecular weight is 581 g/mol. The van der Waals surface area contributed by atoms with Gasteiger partial charge in [-0.2, -0.15) is 0 Å². The predicted molar refractivity (Wildman–Crippen MR) is 158 cm³/mol. The summed E-state index contributed by atoms with van der Waals surface area (Å²) >= 11 is 6.63. The van der Waals surface area contributed by atoms with Gasteiger partial charge < -0.3 is 35.5 Å². The lowest BCUT2D eigenvalue weighted by Gasteiger charge is -2.33. The molecule has 0 spiro atoms. The van der Waals surface area contributed by atoms with Crippen LogP contribution >= 0.6 is 11.6 Å². The lowest BCUT2D eigenvalue weighted by atomic mass is 9.88. The van der Waals surface area contributed by atoms with Crippen molar-refractivity contribution in [3.05, 3.63) is 47.1 Å². The molecule has 0 unspecified atom stereocenters. The maximum Gasteiger partial charge on any atom is 0.223 e. The Balaban J connectivity index is 1.23. The number of H-pyrrole nitrogens is 1. The molecule has 5 N–H and O–H groups in total. The van der Waals surface area contributed by atoms with Crippen LogP contribution in [0.5, 0.6) is 5.75 Å². The van der Waals surface area contributed by atoms with E-state index in [-0.39, 0.29) is 29.7 Å². The van der Waals surface area contributed by atoms with Gasteiger partial charge in [0.2, 0.25) is 5.91 Å². The highest BCUT2D eigenvalue weighted by Crippen LogP contribution is 2.46. The molecule has 1 amide bonds. The van der Waals surface area contributed by atoms with Crippen LogP contribution in [0.4, 0.5) is 5.69 Å². The van der Waals surface area contributed by atoms with Gasteiger partial charge in [-0.05, 0) is 67.8 Å². The van der Waals surface area contributed by atoms with Crippen molar-refractivity contribution in [1.82, 2.24) is 19.9 Å². The number of likely N-dealkylation sites (tertiary alicyclic amines) is 1. The first kappa shape index (κ1) is 28.0. The summed E-state index contributed by atoms with van der Waals surface area (Å²) in [5.41, 5.74) is 9.71. The summed E-state index contributed by atoms with van der Waals surface area (Å²) in [6.07, 6.45) is 8.30. The van der Waals surface area contributed by atoms with Crippen molar-refractivity contribution in [2.45, 2.75) is 37.3 Å². The van der Waals surface area contributed by atoms with Crippen molar-refractivity contribution in [3.8, 4) is 17.1 Å². The van der Waals surface area contributed by atoms with Crippen LogP contribution in [0.2, 0.25) is 5.02 Å². The number of nitrogens with two attached hydrogens (primary N) is 1. The lowest BCUT2D eigenvalue weighted by molar-refractivity contribution is -0.122. The van der Waals surface area contributed by atoms with E-state index in [4.69, 9.17) is 31.8 Å². The van der Waals surface area contributed by atoms with Crippen LogP contribution in [0, 0.1) is 17.8 Å². The number of allylic oxidation sites excluding steroid dienone is 1. The Morgan fingerprint density at radius 2 is 2.05 bits per heavy atom. The molecule has 3 aliphatic rings. The van der Waals surface area contributed by atoms with E-state index in [1.165, 1.54) is 5.56 Å². The second kappa shape index (κ2) is 11.6. The average Bonchev–Trinajstić information content (AvgIpc) is 3.70. The van der Waals surface area contributed by atoms with Crippen molar-refractivity contribution in [2.75, 3.05) is 45.8 Å². The number of aliphatic hydroxyl groups excluding tert-OH is 1. The van der Waals surface area contributed by atoms with Gasteiger partial charge in [0.25, 0.3) is 0 Å². The number of carbonyl (C=O) groups excluding carboxylic acids is 1. The zero-order chi connectivity index (χ0) is 28.7. The molecule has 3 heterocycles. The Labute approximate surface area is 244 Å². The number of halogens is 1. The molecule has 2 fully saturated rings. The fraction of sp³-hybridized carbons (Fsp3) is 0.500. The number of amides is 1. The number of aromatic nitrogens is 3. The third-order valence-electron chi connectivity index (χ3n) is 8.94. The number of hydrogen-bond donors (Lipinski definition) is 4. The van der Waals surface area contributed by atoms with Crippen molar-refractivity contribution < 1.29 is 19.4 Å². The number of carbonyl (C=O) groups is 1. The van der Waals surface area contributed by atoms with Crippen LogP contribution < -0.4 is 15.8 Å². The van der Waals surface area contributed by atoms with Crippen LogP contribution in [-0.2, 0) is 9.53 Å². The highest BCUT2D eigenvalue weighted by atomic mass is 35.5. The number of imidazole rings is 1. The number of nitrogens with one attached hydrogen (secondary N) is 2. The topological polar surface area (TPSA) is 139 Å². The van der Waals surface area contributed by atoms with E-state index in [1.54, 1.807) is 20.4 Å². The van der Waals surface area contributed by atoms with Gasteiger partial charge in [-0.15, -0.1) is 0 Å². The summed E-state index contributed by atoms with van der Waals surface area (Å²) < 4.78 is 10.9.